The molecule has 112 valence electrons. The Kier molecular flexibility index (Phi) is 13.0. The van der Waals surface area contributed by atoms with E-state index in [9.17, 15) is 4.79 Å². The van der Waals surface area contributed by atoms with Gasteiger partial charge in [0.05, 0.1) is 0 Å². The summed E-state index contributed by atoms with van der Waals surface area (Å²) in [4.78, 5) is 13.3. The normalized spacial score (nSPS) is 10.7. The molecule has 0 aliphatic heterocycles. The van der Waals surface area contributed by atoms with Crippen LogP contribution < -0.4 is 0 Å². The monoisotopic (exact) mass is 269 g/mol. The first-order chi connectivity index (χ1) is 9.24. The molecule has 0 fully saturated rings. The molecule has 3 nitrogen and oxygen atoms in total. The molecule has 0 saturated carbocycles. The number of nitrogens with zero attached hydrogens (tertiary/aromatic N) is 1. The van der Waals surface area contributed by atoms with Gasteiger partial charge in [-0.05, 0) is 12.8 Å². The van der Waals surface area contributed by atoms with Gasteiger partial charge in [-0.3, -0.25) is 4.90 Å². The molecule has 0 saturated heterocycles. The van der Waals surface area contributed by atoms with Gasteiger partial charge in [0.15, 0.2) is 0 Å². The molecule has 0 radical (unpaired) electrons. The fourth-order valence-corrected chi connectivity index (χ4v) is 1.98. The quantitative estimate of drug-likeness (QED) is 0.218. The van der Waals surface area contributed by atoms with Crippen LogP contribution in [0.4, 0.5) is 0 Å². The number of esters is 1. The molecule has 0 unspecified atom stereocenters. The molecule has 0 amide bonds. The molecule has 0 aliphatic carbocycles. The van der Waals surface area contributed by atoms with Crippen molar-refractivity contribution >= 4 is 5.97 Å². The van der Waals surface area contributed by atoms with Crippen LogP contribution in [0, 0.1) is 0 Å². The van der Waals surface area contributed by atoms with Crippen molar-refractivity contribution in [2.45, 2.75) is 65.2 Å². The van der Waals surface area contributed by atoms with Gasteiger partial charge in [0.1, 0.15) is 6.73 Å². The van der Waals surface area contributed by atoms with E-state index in [1.54, 1.807) is 0 Å². The summed E-state index contributed by atoms with van der Waals surface area (Å²) < 4.78 is 5.14. The van der Waals surface area contributed by atoms with Crippen LogP contribution in [0.2, 0.25) is 0 Å². The van der Waals surface area contributed by atoms with Crippen LogP contribution in [0.3, 0.4) is 0 Å². The number of carbonyl (C=O) groups excluding carboxylic acids is 1. The van der Waals surface area contributed by atoms with E-state index in [1.165, 1.54) is 57.4 Å². The molecule has 0 spiro atoms. The van der Waals surface area contributed by atoms with Gasteiger partial charge < -0.3 is 4.74 Å². The van der Waals surface area contributed by atoms with Crippen molar-refractivity contribution < 1.29 is 9.53 Å². The van der Waals surface area contributed by atoms with Gasteiger partial charge >= 0.3 is 5.97 Å². The van der Waals surface area contributed by atoms with Crippen molar-refractivity contribution in [2.24, 2.45) is 0 Å². The van der Waals surface area contributed by atoms with Gasteiger partial charge in [-0.25, -0.2) is 4.79 Å². The summed E-state index contributed by atoms with van der Waals surface area (Å²) >= 11 is 0. The van der Waals surface area contributed by atoms with Gasteiger partial charge in [-0.1, -0.05) is 59.0 Å². The number of carbonyl (C=O) groups is 1. The Morgan fingerprint density at radius 3 is 1.95 bits per heavy atom. The smallest absolute Gasteiger partial charge is 0.331 e. The predicted molar refractivity (Wildman–Crippen MR) is 81.0 cm³/mol. The summed E-state index contributed by atoms with van der Waals surface area (Å²) in [5.74, 6) is -0.327. The minimum absolute atomic E-state index is 0.327. The third-order valence-corrected chi connectivity index (χ3v) is 3.21. The first kappa shape index (κ1) is 18.2. The van der Waals surface area contributed by atoms with Gasteiger partial charge in [0, 0.05) is 19.2 Å². The van der Waals surface area contributed by atoms with E-state index in [0.29, 0.717) is 6.73 Å². The number of hydrogen-bond acceptors (Lipinski definition) is 3. The second kappa shape index (κ2) is 13.6. The standard InChI is InChI=1S/C16H31NO2/c1-4-7-9-11-13-17(14-12-10-8-5-2)15-19-16(18)6-3/h6H,3-5,7-15H2,1-2H3. The fourth-order valence-electron chi connectivity index (χ4n) is 1.98. The summed E-state index contributed by atoms with van der Waals surface area (Å²) in [5.41, 5.74) is 0. The minimum atomic E-state index is -0.327. The second-order valence-electron chi connectivity index (χ2n) is 5.04. The van der Waals surface area contributed by atoms with Gasteiger partial charge in [-0.2, -0.15) is 0 Å². The summed E-state index contributed by atoms with van der Waals surface area (Å²) in [5, 5.41) is 0. The van der Waals surface area contributed by atoms with Crippen LogP contribution in [0.5, 0.6) is 0 Å². The largest absolute Gasteiger partial charge is 0.446 e. The third kappa shape index (κ3) is 12.0. The van der Waals surface area contributed by atoms with E-state index in [-0.39, 0.29) is 5.97 Å². The van der Waals surface area contributed by atoms with Gasteiger partial charge in [-0.15, -0.1) is 0 Å². The Morgan fingerprint density at radius 1 is 1.00 bits per heavy atom. The van der Waals surface area contributed by atoms with E-state index in [1.807, 2.05) is 0 Å². The fraction of sp³-hybridized carbons (Fsp3) is 0.812. The number of ether oxygens (including phenoxy) is 1. The molecular formula is C16H31NO2. The number of unbranched alkanes of at least 4 members (excludes halogenated alkanes) is 6. The van der Waals surface area contributed by atoms with Crippen molar-refractivity contribution in [2.75, 3.05) is 19.8 Å². The zero-order chi connectivity index (χ0) is 14.3. The Morgan fingerprint density at radius 2 is 1.53 bits per heavy atom. The van der Waals surface area contributed by atoms with Crippen LogP contribution in [0.15, 0.2) is 12.7 Å². The number of hydrogen-bond donors (Lipinski definition) is 0. The van der Waals surface area contributed by atoms with Gasteiger partial charge in [0.25, 0.3) is 0 Å². The van der Waals surface area contributed by atoms with Crippen molar-refractivity contribution in [1.82, 2.24) is 4.90 Å². The lowest BCUT2D eigenvalue weighted by molar-refractivity contribution is -0.142. The lowest BCUT2D eigenvalue weighted by Crippen LogP contribution is -2.30. The Balaban J connectivity index is 3.84. The Bertz CT molecular complexity index is 217. The molecule has 0 N–H and O–H groups in total. The topological polar surface area (TPSA) is 29.5 Å². The highest BCUT2D eigenvalue weighted by Gasteiger charge is 2.06. The van der Waals surface area contributed by atoms with Crippen LogP contribution in [0.25, 0.3) is 0 Å². The predicted octanol–water partition coefficient (Wildman–Crippen LogP) is 4.14. The molecule has 0 rings (SSSR count). The van der Waals surface area contributed by atoms with Crippen LogP contribution in [-0.4, -0.2) is 30.7 Å². The summed E-state index contributed by atoms with van der Waals surface area (Å²) in [6, 6.07) is 0. The summed E-state index contributed by atoms with van der Waals surface area (Å²) in [7, 11) is 0. The first-order valence-corrected chi connectivity index (χ1v) is 7.76. The molecular weight excluding hydrogens is 238 g/mol. The van der Waals surface area contributed by atoms with Crippen LogP contribution in [0.1, 0.15) is 65.2 Å². The molecule has 0 aromatic carbocycles. The zero-order valence-electron chi connectivity index (χ0n) is 12.8. The average molecular weight is 269 g/mol. The zero-order valence-corrected chi connectivity index (χ0v) is 12.8. The van der Waals surface area contributed by atoms with Crippen molar-refractivity contribution in [3.8, 4) is 0 Å². The van der Waals surface area contributed by atoms with Crippen molar-refractivity contribution in [3.63, 3.8) is 0 Å². The van der Waals surface area contributed by atoms with Crippen molar-refractivity contribution in [1.29, 1.82) is 0 Å². The third-order valence-electron chi connectivity index (χ3n) is 3.21. The van der Waals surface area contributed by atoms with E-state index < -0.39 is 0 Å². The lowest BCUT2D eigenvalue weighted by Gasteiger charge is -2.21. The molecule has 19 heavy (non-hydrogen) atoms. The van der Waals surface area contributed by atoms with Gasteiger partial charge in [0.2, 0.25) is 0 Å². The first-order valence-electron chi connectivity index (χ1n) is 7.76. The average Bonchev–Trinajstić information content (AvgIpc) is 2.44. The SMILES string of the molecule is C=CC(=O)OCN(CCCCCC)CCCCCC. The second-order valence-corrected chi connectivity index (χ2v) is 5.04. The van der Waals surface area contributed by atoms with E-state index in [2.05, 4.69) is 25.3 Å². The van der Waals surface area contributed by atoms with Crippen LogP contribution in [-0.2, 0) is 9.53 Å². The Labute approximate surface area is 119 Å². The molecule has 0 heterocycles. The van der Waals surface area contributed by atoms with E-state index in [4.69, 9.17) is 4.74 Å². The highest BCUT2D eigenvalue weighted by atomic mass is 16.5. The molecule has 3 heteroatoms. The molecule has 0 aromatic heterocycles. The van der Waals surface area contributed by atoms with E-state index in [0.717, 1.165) is 13.1 Å². The maximum Gasteiger partial charge on any atom is 0.331 e. The highest BCUT2D eigenvalue weighted by molar-refractivity contribution is 5.81. The Hall–Kier alpha value is -0.830. The molecule has 0 bridgehead atoms. The van der Waals surface area contributed by atoms with Crippen LogP contribution >= 0.6 is 0 Å². The van der Waals surface area contributed by atoms with Crippen molar-refractivity contribution in [3.05, 3.63) is 12.7 Å². The molecule has 0 atom stereocenters. The maximum atomic E-state index is 11.1. The minimum Gasteiger partial charge on any atom is -0.446 e. The molecule has 0 aliphatic rings. The molecule has 0 aromatic rings. The van der Waals surface area contributed by atoms with E-state index >= 15 is 0 Å². The number of rotatable bonds is 13. The maximum absolute atomic E-state index is 11.1. The summed E-state index contributed by atoms with van der Waals surface area (Å²) in [6.45, 7) is 10.3. The lowest BCUT2D eigenvalue weighted by atomic mass is 10.2. The summed E-state index contributed by atoms with van der Waals surface area (Å²) in [6.07, 6.45) is 11.2. The highest BCUT2D eigenvalue weighted by Crippen LogP contribution is 2.05.